The molecule has 4 aromatic heterocycles. The molecule has 13 aromatic carbocycles. The summed E-state index contributed by atoms with van der Waals surface area (Å²) in [6.07, 6.45) is 0. The average Bonchev–Trinajstić information content (AvgIpc) is 4.46. The zero-order chi connectivity index (χ0) is 54.2. The average molecular weight is 1050 g/mol. The van der Waals surface area contributed by atoms with Crippen LogP contribution in [0, 0.1) is 13.8 Å². The van der Waals surface area contributed by atoms with E-state index in [1.165, 1.54) is 54.5 Å². The third kappa shape index (κ3) is 6.95. The molecule has 0 fully saturated rings. The molecule has 0 amide bonds. The van der Waals surface area contributed by atoms with E-state index < -0.39 is 0 Å². The molecule has 17 rings (SSSR count). The molecule has 0 bridgehead atoms. The van der Waals surface area contributed by atoms with Gasteiger partial charge in [-0.15, -0.1) is 0 Å². The standard InChI is InChI=1S/C76H50N4O2/c1-47-17-13-23-53(41-47)77(67-29-15-27-63-59-25-9-11-31-71(59)81-75(63)67)55-35-39-57-49(43-55)33-37-61-65-45-70-66(46-69(65)79(73(57)61)51-19-5-3-6-20-51)62-38-34-50-44-56(36-40-58(50)74(62)80(70)52-21-7-4-8-22-52)78(54-24-14-18-48(2)42-54)68-30-16-28-64-60-26-10-12-32-72(60)82-76(64)68/h3-46H,1-2H3. The van der Waals surface area contributed by atoms with Gasteiger partial charge in [-0.3, -0.25) is 0 Å². The zero-order valence-corrected chi connectivity index (χ0v) is 45.0. The van der Waals surface area contributed by atoms with Crippen molar-refractivity contribution in [1.29, 1.82) is 0 Å². The lowest BCUT2D eigenvalue weighted by Gasteiger charge is -2.26. The van der Waals surface area contributed by atoms with Crippen LogP contribution in [0.1, 0.15) is 11.1 Å². The Balaban J connectivity index is 0.882. The highest BCUT2D eigenvalue weighted by Gasteiger charge is 2.25. The molecule has 0 aliphatic rings. The van der Waals surface area contributed by atoms with Crippen molar-refractivity contribution in [2.75, 3.05) is 9.80 Å². The fourth-order valence-corrected chi connectivity index (χ4v) is 13.3. The highest BCUT2D eigenvalue weighted by Crippen LogP contribution is 2.48. The predicted octanol–water partition coefficient (Wildman–Crippen LogP) is 21.5. The van der Waals surface area contributed by atoms with Crippen LogP contribution < -0.4 is 9.80 Å². The van der Waals surface area contributed by atoms with Gasteiger partial charge in [-0.05, 0) is 145 Å². The monoisotopic (exact) mass is 1050 g/mol. The molecule has 0 N–H and O–H groups in total. The van der Waals surface area contributed by atoms with Crippen molar-refractivity contribution >= 4 is 143 Å². The first-order valence-corrected chi connectivity index (χ1v) is 28.1. The van der Waals surface area contributed by atoms with Gasteiger partial charge in [0.25, 0.3) is 0 Å². The van der Waals surface area contributed by atoms with Gasteiger partial charge in [0.1, 0.15) is 11.2 Å². The second-order valence-corrected chi connectivity index (χ2v) is 21.8. The van der Waals surface area contributed by atoms with Gasteiger partial charge in [-0.1, -0.05) is 158 Å². The predicted molar refractivity (Wildman–Crippen MR) is 344 cm³/mol. The molecule has 0 unspecified atom stereocenters. The molecular formula is C76H50N4O2. The fourth-order valence-electron chi connectivity index (χ4n) is 13.3. The number of rotatable bonds is 8. The van der Waals surface area contributed by atoms with E-state index in [0.717, 1.165) is 111 Å². The maximum absolute atomic E-state index is 6.71. The van der Waals surface area contributed by atoms with Crippen molar-refractivity contribution in [2.24, 2.45) is 0 Å². The highest BCUT2D eigenvalue weighted by molar-refractivity contribution is 6.26. The fraction of sp³-hybridized carbons (Fsp3) is 0.0263. The number of anilines is 6. The van der Waals surface area contributed by atoms with Crippen LogP contribution in [0.5, 0.6) is 0 Å². The van der Waals surface area contributed by atoms with Gasteiger partial charge in [0.05, 0.1) is 33.4 Å². The summed E-state index contributed by atoms with van der Waals surface area (Å²) >= 11 is 0. The molecule has 17 aromatic rings. The highest BCUT2D eigenvalue weighted by atomic mass is 16.3. The van der Waals surface area contributed by atoms with Gasteiger partial charge in [-0.2, -0.15) is 0 Å². The summed E-state index contributed by atoms with van der Waals surface area (Å²) in [4.78, 5) is 4.70. The Kier molecular flexibility index (Phi) is 10.0. The van der Waals surface area contributed by atoms with Crippen LogP contribution in [0.2, 0.25) is 0 Å². The topological polar surface area (TPSA) is 42.6 Å². The maximum atomic E-state index is 6.71. The third-order valence-corrected chi connectivity index (χ3v) is 16.9. The molecule has 6 nitrogen and oxygen atoms in total. The molecule has 0 saturated heterocycles. The van der Waals surface area contributed by atoms with Gasteiger partial charge in [-0.25, -0.2) is 0 Å². The van der Waals surface area contributed by atoms with Gasteiger partial charge in [0, 0.05) is 88.0 Å². The Morgan fingerprint density at radius 1 is 0.280 bits per heavy atom. The minimum Gasteiger partial charge on any atom is -0.454 e. The van der Waals surface area contributed by atoms with Crippen molar-refractivity contribution in [3.8, 4) is 11.4 Å². The summed E-state index contributed by atoms with van der Waals surface area (Å²) in [5.74, 6) is 0. The Labute approximate surface area is 471 Å². The molecule has 0 aliphatic heterocycles. The van der Waals surface area contributed by atoms with Crippen LogP contribution >= 0.6 is 0 Å². The number of hydrogen-bond acceptors (Lipinski definition) is 4. The number of furan rings is 2. The Bertz CT molecular complexity index is 5110. The van der Waals surface area contributed by atoms with Crippen molar-refractivity contribution < 1.29 is 8.83 Å². The summed E-state index contributed by atoms with van der Waals surface area (Å²) < 4.78 is 18.4. The molecule has 4 heterocycles. The Morgan fingerprint density at radius 3 is 1.12 bits per heavy atom. The third-order valence-electron chi connectivity index (χ3n) is 16.9. The van der Waals surface area contributed by atoms with Crippen molar-refractivity contribution in [3.63, 3.8) is 0 Å². The molecule has 0 radical (unpaired) electrons. The summed E-state index contributed by atoms with van der Waals surface area (Å²) in [6.45, 7) is 4.31. The van der Waals surface area contributed by atoms with Gasteiger partial charge in [0.2, 0.25) is 0 Å². The van der Waals surface area contributed by atoms with E-state index in [-0.39, 0.29) is 0 Å². The number of aromatic nitrogens is 2. The van der Waals surface area contributed by atoms with E-state index >= 15 is 0 Å². The lowest BCUT2D eigenvalue weighted by molar-refractivity contribution is 0.668. The number of para-hydroxylation sites is 6. The first kappa shape index (κ1) is 46.1. The number of aryl methyl sites for hydroxylation is 2. The second kappa shape index (κ2) is 17.8. The quantitative estimate of drug-likeness (QED) is 0.152. The first-order chi connectivity index (χ1) is 40.5. The number of nitrogens with zero attached hydrogens (tertiary/aromatic N) is 4. The number of fused-ring (bicyclic) bond motifs is 16. The Morgan fingerprint density at radius 2 is 0.671 bits per heavy atom. The molecular weight excluding hydrogens is 1000 g/mol. The van der Waals surface area contributed by atoms with Crippen LogP contribution in [0.15, 0.2) is 276 Å². The van der Waals surface area contributed by atoms with Gasteiger partial charge >= 0.3 is 0 Å². The maximum Gasteiger partial charge on any atom is 0.159 e. The summed E-state index contributed by atoms with van der Waals surface area (Å²) in [5, 5.41) is 13.8. The molecule has 6 heteroatoms. The van der Waals surface area contributed by atoms with Crippen LogP contribution in [-0.2, 0) is 0 Å². The lowest BCUT2D eigenvalue weighted by atomic mass is 10.0. The van der Waals surface area contributed by atoms with E-state index in [9.17, 15) is 0 Å². The lowest BCUT2D eigenvalue weighted by Crippen LogP contribution is -2.10. The van der Waals surface area contributed by atoms with Crippen LogP contribution in [-0.4, -0.2) is 9.13 Å². The van der Waals surface area contributed by atoms with Crippen molar-refractivity contribution in [2.45, 2.75) is 13.8 Å². The largest absolute Gasteiger partial charge is 0.454 e. The van der Waals surface area contributed by atoms with E-state index in [0.29, 0.717) is 0 Å². The molecule has 0 saturated carbocycles. The van der Waals surface area contributed by atoms with Crippen molar-refractivity contribution in [1.82, 2.24) is 9.13 Å². The van der Waals surface area contributed by atoms with Crippen LogP contribution in [0.4, 0.5) is 34.1 Å². The second-order valence-electron chi connectivity index (χ2n) is 21.8. The zero-order valence-electron chi connectivity index (χ0n) is 45.0. The molecule has 0 atom stereocenters. The minimum absolute atomic E-state index is 0.861. The summed E-state index contributed by atoms with van der Waals surface area (Å²) in [5.41, 5.74) is 18.9. The van der Waals surface area contributed by atoms with E-state index in [4.69, 9.17) is 8.83 Å². The summed E-state index contributed by atoms with van der Waals surface area (Å²) in [6, 6.07) is 96.9. The molecule has 82 heavy (non-hydrogen) atoms. The molecule has 0 spiro atoms. The normalized spacial score (nSPS) is 12.0. The number of hydrogen-bond donors (Lipinski definition) is 0. The van der Waals surface area contributed by atoms with Crippen molar-refractivity contribution in [3.05, 3.63) is 278 Å². The first-order valence-electron chi connectivity index (χ1n) is 28.1. The van der Waals surface area contributed by atoms with Crippen LogP contribution in [0.25, 0.3) is 120 Å². The smallest absolute Gasteiger partial charge is 0.159 e. The van der Waals surface area contributed by atoms with Gasteiger partial charge < -0.3 is 27.8 Å². The van der Waals surface area contributed by atoms with Crippen LogP contribution in [0.3, 0.4) is 0 Å². The number of benzene rings is 13. The minimum atomic E-state index is 0.861. The molecule has 0 aliphatic carbocycles. The SMILES string of the molecule is Cc1cccc(N(c2ccc3c(ccc4c5cc6c(cc5n(-c5ccccc5)c34)c3ccc4cc(N(c5cccc(C)c5)c5cccc7c5oc5ccccc57)ccc4c3n6-c3ccccc3)c2)c2cccc3c2oc2ccccc23)c1. The molecule has 386 valence electrons. The summed E-state index contributed by atoms with van der Waals surface area (Å²) in [7, 11) is 0. The van der Waals surface area contributed by atoms with E-state index in [2.05, 4.69) is 288 Å². The van der Waals surface area contributed by atoms with E-state index in [1.807, 2.05) is 12.1 Å². The Hall–Kier alpha value is -10.8. The van der Waals surface area contributed by atoms with E-state index in [1.54, 1.807) is 0 Å². The van der Waals surface area contributed by atoms with Gasteiger partial charge in [0.15, 0.2) is 11.2 Å².